The number of hydrogen-bond donors (Lipinski definition) is 2. The molecule has 15 heavy (non-hydrogen) atoms. The van der Waals surface area contributed by atoms with Gasteiger partial charge >= 0.3 is 11.9 Å². The molecule has 1 heterocycles. The highest BCUT2D eigenvalue weighted by Gasteiger charge is 2.39. The fourth-order valence-electron chi connectivity index (χ4n) is 0.852. The molecule has 1 aromatic rings. The Morgan fingerprint density at radius 3 is 2.60 bits per heavy atom. The zero-order chi connectivity index (χ0) is 11.6. The number of aromatic nitrogens is 2. The highest BCUT2D eigenvalue weighted by Crippen LogP contribution is 2.15. The summed E-state index contributed by atoms with van der Waals surface area (Å²) in [6.07, 6.45) is 1.05. The zero-order valence-electron chi connectivity index (χ0n) is 7.35. The Hall–Kier alpha value is -1.99. The molecule has 0 atom stereocenters. The third kappa shape index (κ3) is 2.48. The number of rotatable bonds is 4. The van der Waals surface area contributed by atoms with E-state index in [1.165, 1.54) is 0 Å². The average Bonchev–Trinajstić information content (AvgIpc) is 2.51. The fraction of sp³-hybridized carbons (Fsp3) is 0.286. The van der Waals surface area contributed by atoms with Gasteiger partial charge in [0.05, 0.1) is 0 Å². The van der Waals surface area contributed by atoms with Crippen LogP contribution in [0.25, 0.3) is 0 Å². The third-order valence-corrected chi connectivity index (χ3v) is 1.57. The maximum atomic E-state index is 12.7. The Kier molecular flexibility index (Phi) is 2.69. The molecule has 0 aliphatic rings. The third-order valence-electron chi connectivity index (χ3n) is 1.57. The monoisotopic (exact) mass is 219 g/mol. The van der Waals surface area contributed by atoms with Gasteiger partial charge in [-0.15, -0.1) is 0 Å². The molecule has 0 fully saturated rings. The predicted octanol–water partition coefficient (Wildman–Crippen LogP) is -0.298. The van der Waals surface area contributed by atoms with E-state index in [-0.39, 0.29) is 5.69 Å². The van der Waals surface area contributed by atoms with Gasteiger partial charge in [0.25, 0.3) is 5.91 Å². The molecule has 0 unspecified atom stereocenters. The first kappa shape index (κ1) is 11.1. The Balaban J connectivity index is 2.82. The molecule has 82 valence electrons. The van der Waals surface area contributed by atoms with Crippen molar-refractivity contribution in [1.29, 1.82) is 0 Å². The highest BCUT2D eigenvalue weighted by molar-refractivity contribution is 5.90. The summed E-state index contributed by atoms with van der Waals surface area (Å²) in [5.74, 6) is -7.05. The van der Waals surface area contributed by atoms with E-state index in [0.717, 1.165) is 12.3 Å². The summed E-state index contributed by atoms with van der Waals surface area (Å²) in [6.45, 7) is -1.14. The van der Waals surface area contributed by atoms with Crippen LogP contribution in [0.15, 0.2) is 12.3 Å². The number of nitrogens with zero attached hydrogens (tertiary/aromatic N) is 2. The molecule has 0 spiro atoms. The van der Waals surface area contributed by atoms with Crippen LogP contribution in [0.4, 0.5) is 8.78 Å². The SMILES string of the molecule is NC(=O)c1ccn(CC(F)(F)C(=O)O)n1. The van der Waals surface area contributed by atoms with Crippen LogP contribution in [0.5, 0.6) is 0 Å². The van der Waals surface area contributed by atoms with Crippen molar-refractivity contribution in [1.82, 2.24) is 9.78 Å². The van der Waals surface area contributed by atoms with E-state index in [4.69, 9.17) is 10.8 Å². The smallest absolute Gasteiger partial charge is 0.376 e. The lowest BCUT2D eigenvalue weighted by Crippen LogP contribution is -2.33. The van der Waals surface area contributed by atoms with Crippen LogP contribution in [-0.2, 0) is 11.3 Å². The van der Waals surface area contributed by atoms with Gasteiger partial charge in [0.15, 0.2) is 0 Å². The lowest BCUT2D eigenvalue weighted by molar-refractivity contribution is -0.167. The van der Waals surface area contributed by atoms with Gasteiger partial charge in [-0.25, -0.2) is 4.79 Å². The standard InChI is InChI=1S/C7H7F2N3O3/c8-7(9,6(14)15)3-12-2-1-4(11-12)5(10)13/h1-2H,3H2,(H2,10,13)(H,14,15). The van der Waals surface area contributed by atoms with Gasteiger partial charge in [-0.3, -0.25) is 9.48 Å². The van der Waals surface area contributed by atoms with Crippen LogP contribution < -0.4 is 5.73 Å². The second kappa shape index (κ2) is 3.64. The Labute approximate surface area is 82.3 Å². The van der Waals surface area contributed by atoms with E-state index >= 15 is 0 Å². The van der Waals surface area contributed by atoms with Crippen molar-refractivity contribution in [2.75, 3.05) is 0 Å². The number of hydrogen-bond acceptors (Lipinski definition) is 3. The number of carbonyl (C=O) groups is 2. The van der Waals surface area contributed by atoms with Crippen LogP contribution in [0.3, 0.4) is 0 Å². The molecule has 3 N–H and O–H groups in total. The van der Waals surface area contributed by atoms with E-state index in [0.29, 0.717) is 4.68 Å². The van der Waals surface area contributed by atoms with Gasteiger partial charge < -0.3 is 10.8 Å². The Morgan fingerprint density at radius 2 is 2.20 bits per heavy atom. The molecule has 1 aromatic heterocycles. The topological polar surface area (TPSA) is 98.2 Å². The fourth-order valence-corrected chi connectivity index (χ4v) is 0.852. The van der Waals surface area contributed by atoms with Crippen molar-refractivity contribution in [2.24, 2.45) is 5.73 Å². The molecule has 0 aliphatic carbocycles. The molecule has 0 bridgehead atoms. The molecular weight excluding hydrogens is 212 g/mol. The second-order valence-electron chi connectivity index (χ2n) is 2.77. The summed E-state index contributed by atoms with van der Waals surface area (Å²) in [5, 5.41) is 11.5. The van der Waals surface area contributed by atoms with Crippen molar-refractivity contribution in [3.8, 4) is 0 Å². The summed E-state index contributed by atoms with van der Waals surface area (Å²) in [6, 6.07) is 1.13. The largest absolute Gasteiger partial charge is 0.477 e. The van der Waals surface area contributed by atoms with Crippen molar-refractivity contribution >= 4 is 11.9 Å². The van der Waals surface area contributed by atoms with Gasteiger partial charge in [-0.05, 0) is 6.07 Å². The van der Waals surface area contributed by atoms with Gasteiger partial charge in [0.2, 0.25) is 0 Å². The van der Waals surface area contributed by atoms with Crippen molar-refractivity contribution in [2.45, 2.75) is 12.5 Å². The highest BCUT2D eigenvalue weighted by atomic mass is 19.3. The van der Waals surface area contributed by atoms with Crippen molar-refractivity contribution < 1.29 is 23.5 Å². The van der Waals surface area contributed by atoms with E-state index < -0.39 is 24.3 Å². The van der Waals surface area contributed by atoms with Gasteiger partial charge in [0, 0.05) is 6.20 Å². The normalized spacial score (nSPS) is 11.3. The quantitative estimate of drug-likeness (QED) is 0.726. The minimum absolute atomic E-state index is 0.198. The van der Waals surface area contributed by atoms with Gasteiger partial charge in [-0.1, -0.05) is 0 Å². The summed E-state index contributed by atoms with van der Waals surface area (Å²) < 4.78 is 26.0. The molecule has 8 heteroatoms. The van der Waals surface area contributed by atoms with E-state index in [2.05, 4.69) is 5.10 Å². The lowest BCUT2D eigenvalue weighted by atomic mass is 10.3. The number of carbonyl (C=O) groups excluding carboxylic acids is 1. The molecular formula is C7H7F2N3O3. The molecule has 0 radical (unpaired) electrons. The summed E-state index contributed by atoms with van der Waals surface area (Å²) in [5.41, 5.74) is 4.63. The first-order valence-electron chi connectivity index (χ1n) is 3.77. The number of amides is 1. The molecule has 1 rings (SSSR count). The molecule has 0 saturated carbocycles. The van der Waals surface area contributed by atoms with Gasteiger partial charge in [-0.2, -0.15) is 13.9 Å². The maximum Gasteiger partial charge on any atom is 0.376 e. The molecule has 0 saturated heterocycles. The number of nitrogens with two attached hydrogens (primary N) is 1. The molecule has 0 aliphatic heterocycles. The number of aliphatic carboxylic acids is 1. The van der Waals surface area contributed by atoms with Crippen molar-refractivity contribution in [3.05, 3.63) is 18.0 Å². The zero-order valence-corrected chi connectivity index (χ0v) is 7.35. The molecule has 6 nitrogen and oxygen atoms in total. The molecule has 0 aromatic carbocycles. The first-order chi connectivity index (χ1) is 6.83. The summed E-state index contributed by atoms with van der Waals surface area (Å²) >= 11 is 0. The van der Waals surface area contributed by atoms with E-state index in [9.17, 15) is 18.4 Å². The van der Waals surface area contributed by atoms with Gasteiger partial charge in [0.1, 0.15) is 12.2 Å². The predicted molar refractivity (Wildman–Crippen MR) is 43.3 cm³/mol. The van der Waals surface area contributed by atoms with Crippen LogP contribution in [-0.4, -0.2) is 32.7 Å². The summed E-state index contributed by atoms with van der Waals surface area (Å²) in [7, 11) is 0. The number of alkyl halides is 2. The van der Waals surface area contributed by atoms with Crippen LogP contribution in [0, 0.1) is 0 Å². The number of primary amides is 1. The summed E-state index contributed by atoms with van der Waals surface area (Å²) in [4.78, 5) is 20.6. The number of halogens is 2. The Morgan fingerprint density at radius 1 is 1.60 bits per heavy atom. The number of carboxylic acid groups (broad SMARTS) is 1. The molecule has 1 amide bonds. The first-order valence-corrected chi connectivity index (χ1v) is 3.77. The van der Waals surface area contributed by atoms with E-state index in [1.807, 2.05) is 0 Å². The maximum absolute atomic E-state index is 12.7. The van der Waals surface area contributed by atoms with Crippen LogP contribution >= 0.6 is 0 Å². The second-order valence-corrected chi connectivity index (χ2v) is 2.77. The minimum Gasteiger partial charge on any atom is -0.477 e. The van der Waals surface area contributed by atoms with Crippen LogP contribution in [0.1, 0.15) is 10.5 Å². The minimum atomic E-state index is -3.93. The van der Waals surface area contributed by atoms with Crippen molar-refractivity contribution in [3.63, 3.8) is 0 Å². The van der Waals surface area contributed by atoms with E-state index in [1.54, 1.807) is 0 Å². The lowest BCUT2D eigenvalue weighted by Gasteiger charge is -2.10. The average molecular weight is 219 g/mol. The number of carboxylic acids is 1. The Bertz CT molecular complexity index is 402. The van der Waals surface area contributed by atoms with Crippen LogP contribution in [0.2, 0.25) is 0 Å².